The Morgan fingerprint density at radius 3 is 2.48 bits per heavy atom. The maximum atomic E-state index is 12.8. The summed E-state index contributed by atoms with van der Waals surface area (Å²) in [6, 6.07) is 8.95. The molecule has 0 bridgehead atoms. The Bertz CT molecular complexity index is 961. The lowest BCUT2D eigenvalue weighted by molar-refractivity contribution is -0.123. The average molecular weight is 646 g/mol. The van der Waals surface area contributed by atoms with E-state index in [1.54, 1.807) is 31.4 Å². The van der Waals surface area contributed by atoms with E-state index < -0.39 is 0 Å². The van der Waals surface area contributed by atoms with Crippen LogP contribution in [0.25, 0.3) is 6.08 Å². The molecule has 0 unspecified atom stereocenters. The van der Waals surface area contributed by atoms with Crippen molar-refractivity contribution in [1.29, 1.82) is 0 Å². The van der Waals surface area contributed by atoms with Gasteiger partial charge in [0.15, 0.2) is 0 Å². The number of carbonyl (C=O) groups is 2. The highest BCUT2D eigenvalue weighted by molar-refractivity contribution is 14.1. The number of amides is 2. The molecule has 1 fully saturated rings. The molecule has 2 aromatic carbocycles. The van der Waals surface area contributed by atoms with Crippen molar-refractivity contribution < 1.29 is 14.3 Å². The van der Waals surface area contributed by atoms with Gasteiger partial charge in [0.05, 0.1) is 22.1 Å². The van der Waals surface area contributed by atoms with Crippen LogP contribution >= 0.6 is 80.1 Å². The first-order valence-corrected chi connectivity index (χ1v) is 11.3. The molecule has 1 aliphatic heterocycles. The molecule has 0 radical (unpaired) electrons. The van der Waals surface area contributed by atoms with Crippen LogP contribution in [0.15, 0.2) is 35.2 Å². The van der Waals surface area contributed by atoms with Gasteiger partial charge in [0.25, 0.3) is 11.1 Å². The maximum Gasteiger partial charge on any atom is 0.293 e. The number of rotatable bonds is 4. The first-order chi connectivity index (χ1) is 12.8. The van der Waals surface area contributed by atoms with Gasteiger partial charge in [-0.3, -0.25) is 14.5 Å². The Balaban J connectivity index is 1.94. The Morgan fingerprint density at radius 1 is 1.19 bits per heavy atom. The lowest BCUT2D eigenvalue weighted by atomic mass is 10.1. The van der Waals surface area contributed by atoms with Crippen molar-refractivity contribution in [3.63, 3.8) is 0 Å². The van der Waals surface area contributed by atoms with Crippen LogP contribution in [-0.4, -0.2) is 23.2 Å². The van der Waals surface area contributed by atoms with E-state index in [1.165, 1.54) is 0 Å². The summed E-state index contributed by atoms with van der Waals surface area (Å²) < 4.78 is 7.38. The molecule has 0 aromatic heterocycles. The predicted molar refractivity (Wildman–Crippen MR) is 126 cm³/mol. The number of thioether (sulfide) groups is 1. The standard InChI is InChI=1S/C18H11Cl2I2NO3S/c1-26-16-9(5-10(21)7-14(16)22)6-15-17(24)23(18(25)27-15)8-11-12(19)3-2-4-13(11)20/h2-7H,8H2,1H3/b15-6+. The summed E-state index contributed by atoms with van der Waals surface area (Å²) in [6.07, 6.45) is 1.68. The van der Waals surface area contributed by atoms with Crippen molar-refractivity contribution in [2.75, 3.05) is 7.11 Å². The SMILES string of the molecule is COc1c(I)cc(I)cc1/C=C1/SC(=O)N(Cc2c(Cl)cccc2Cl)C1=O. The van der Waals surface area contributed by atoms with E-state index in [9.17, 15) is 9.59 Å². The van der Waals surface area contributed by atoms with E-state index in [0.29, 0.717) is 26.3 Å². The number of benzene rings is 2. The minimum absolute atomic E-state index is 0.0293. The zero-order valence-electron chi connectivity index (χ0n) is 13.8. The molecule has 4 nitrogen and oxygen atoms in total. The summed E-state index contributed by atoms with van der Waals surface area (Å²) in [4.78, 5) is 26.7. The number of carbonyl (C=O) groups excluding carboxylic acids is 2. The van der Waals surface area contributed by atoms with E-state index in [-0.39, 0.29) is 17.7 Å². The summed E-state index contributed by atoms with van der Waals surface area (Å²) in [5.41, 5.74) is 1.29. The molecular weight excluding hydrogens is 635 g/mol. The molecule has 1 heterocycles. The molecule has 27 heavy (non-hydrogen) atoms. The molecule has 0 spiro atoms. The number of hydrogen-bond acceptors (Lipinski definition) is 4. The summed E-state index contributed by atoms with van der Waals surface area (Å²) in [6.45, 7) is 0.0293. The first kappa shape index (κ1) is 21.2. The largest absolute Gasteiger partial charge is 0.495 e. The van der Waals surface area contributed by atoms with Gasteiger partial charge in [0.1, 0.15) is 5.75 Å². The molecule has 0 N–H and O–H groups in total. The average Bonchev–Trinajstić information content (AvgIpc) is 2.85. The van der Waals surface area contributed by atoms with Gasteiger partial charge in [-0.25, -0.2) is 0 Å². The fourth-order valence-electron chi connectivity index (χ4n) is 2.52. The Morgan fingerprint density at radius 2 is 1.85 bits per heavy atom. The van der Waals surface area contributed by atoms with Gasteiger partial charge in [-0.05, 0) is 87.3 Å². The molecule has 140 valence electrons. The minimum atomic E-state index is -0.378. The zero-order valence-corrected chi connectivity index (χ0v) is 20.4. The fraction of sp³-hybridized carbons (Fsp3) is 0.111. The summed E-state index contributed by atoms with van der Waals surface area (Å²) in [5.74, 6) is 0.286. The van der Waals surface area contributed by atoms with Gasteiger partial charge < -0.3 is 4.74 Å². The van der Waals surface area contributed by atoms with Crippen LogP contribution in [0.5, 0.6) is 5.75 Å². The predicted octanol–water partition coefficient (Wildman–Crippen LogP) is 6.45. The number of methoxy groups -OCH3 is 1. The highest BCUT2D eigenvalue weighted by atomic mass is 127. The molecule has 1 aliphatic rings. The quantitative estimate of drug-likeness (QED) is 0.283. The second-order valence-corrected chi connectivity index (χ2v) is 9.69. The molecule has 0 atom stereocenters. The smallest absolute Gasteiger partial charge is 0.293 e. The lowest BCUT2D eigenvalue weighted by Crippen LogP contribution is -2.27. The van der Waals surface area contributed by atoms with Gasteiger partial charge >= 0.3 is 0 Å². The number of hydrogen-bond donors (Lipinski definition) is 0. The van der Waals surface area contributed by atoms with Gasteiger partial charge in [0.2, 0.25) is 0 Å². The molecule has 0 aliphatic carbocycles. The molecule has 3 rings (SSSR count). The highest BCUT2D eigenvalue weighted by Gasteiger charge is 2.36. The Kier molecular flexibility index (Phi) is 6.99. The maximum absolute atomic E-state index is 12.8. The van der Waals surface area contributed by atoms with Crippen molar-refractivity contribution in [3.8, 4) is 5.75 Å². The number of nitrogens with zero attached hydrogens (tertiary/aromatic N) is 1. The van der Waals surface area contributed by atoms with Crippen molar-refractivity contribution in [1.82, 2.24) is 4.90 Å². The van der Waals surface area contributed by atoms with Crippen LogP contribution in [0.1, 0.15) is 11.1 Å². The second-order valence-electron chi connectivity index (χ2n) is 5.48. The molecule has 1 saturated heterocycles. The van der Waals surface area contributed by atoms with Crippen LogP contribution in [0.4, 0.5) is 4.79 Å². The van der Waals surface area contributed by atoms with E-state index in [0.717, 1.165) is 29.4 Å². The van der Waals surface area contributed by atoms with Crippen LogP contribution in [0.2, 0.25) is 10.0 Å². The van der Waals surface area contributed by atoms with E-state index in [4.69, 9.17) is 27.9 Å². The highest BCUT2D eigenvalue weighted by Crippen LogP contribution is 2.38. The fourth-order valence-corrected chi connectivity index (χ4v) is 5.98. The number of ether oxygens (including phenoxy) is 1. The molecule has 9 heteroatoms. The van der Waals surface area contributed by atoms with Gasteiger partial charge in [-0.2, -0.15) is 0 Å². The van der Waals surface area contributed by atoms with Crippen LogP contribution in [-0.2, 0) is 11.3 Å². The van der Waals surface area contributed by atoms with Gasteiger partial charge in [-0.1, -0.05) is 29.3 Å². The van der Waals surface area contributed by atoms with E-state index >= 15 is 0 Å². The molecule has 0 saturated carbocycles. The van der Waals surface area contributed by atoms with Gasteiger partial charge in [0, 0.05) is 24.7 Å². The third-order valence-corrected chi connectivity index (χ3v) is 6.82. The summed E-state index contributed by atoms with van der Waals surface area (Å²) >= 11 is 17.6. The third-order valence-electron chi connectivity index (χ3n) is 3.78. The molecular formula is C18H11Cl2I2NO3S. The summed E-state index contributed by atoms with van der Waals surface area (Å²) in [5, 5.41) is 0.472. The molecule has 2 amide bonds. The molecule has 2 aromatic rings. The Hall–Kier alpha value is -0.490. The normalized spacial score (nSPS) is 15.7. The second kappa shape index (κ2) is 8.89. The minimum Gasteiger partial charge on any atom is -0.495 e. The van der Waals surface area contributed by atoms with Gasteiger partial charge in [-0.15, -0.1) is 0 Å². The van der Waals surface area contributed by atoms with Crippen LogP contribution in [0, 0.1) is 7.14 Å². The topological polar surface area (TPSA) is 46.6 Å². The van der Waals surface area contributed by atoms with Crippen LogP contribution < -0.4 is 4.74 Å². The van der Waals surface area contributed by atoms with E-state index in [1.807, 2.05) is 12.1 Å². The number of imide groups is 1. The van der Waals surface area contributed by atoms with Crippen LogP contribution in [0.3, 0.4) is 0 Å². The van der Waals surface area contributed by atoms with E-state index in [2.05, 4.69) is 45.2 Å². The third kappa shape index (κ3) is 4.58. The zero-order chi connectivity index (χ0) is 19.7. The van der Waals surface area contributed by atoms with Crippen molar-refractivity contribution in [2.45, 2.75) is 6.54 Å². The first-order valence-electron chi connectivity index (χ1n) is 7.53. The van der Waals surface area contributed by atoms with Crippen molar-refractivity contribution in [3.05, 3.63) is 63.5 Å². The van der Waals surface area contributed by atoms with Crippen molar-refractivity contribution in [2.24, 2.45) is 0 Å². The Labute approximate surface area is 197 Å². The monoisotopic (exact) mass is 645 g/mol. The summed E-state index contributed by atoms with van der Waals surface area (Å²) in [7, 11) is 1.58. The number of halogens is 4. The lowest BCUT2D eigenvalue weighted by Gasteiger charge is -2.14. The van der Waals surface area contributed by atoms with Crippen molar-refractivity contribution >= 4 is 97.4 Å².